The number of hydrogen-bond acceptors (Lipinski definition) is 1. The molecule has 0 heterocycles. The molecular weight excluding hydrogens is 256 g/mol. The van der Waals surface area contributed by atoms with E-state index in [-0.39, 0.29) is 10.6 Å². The van der Waals surface area contributed by atoms with Crippen LogP contribution in [0, 0.1) is 5.82 Å². The van der Waals surface area contributed by atoms with E-state index in [9.17, 15) is 4.39 Å². The van der Waals surface area contributed by atoms with Gasteiger partial charge < -0.3 is 0 Å². The zero-order valence-electron chi connectivity index (χ0n) is 6.65. The third kappa shape index (κ3) is 1.98. The van der Waals surface area contributed by atoms with Gasteiger partial charge in [0.2, 0.25) is 0 Å². The van der Waals surface area contributed by atoms with E-state index in [1.54, 1.807) is 12.1 Å². The molecule has 0 fully saturated rings. The second-order valence-corrected chi connectivity index (χ2v) is 3.63. The van der Waals surface area contributed by atoms with Crippen LogP contribution < -0.4 is 0 Å². The molecule has 0 radical (unpaired) electrons. The largest absolute Gasteiger partial charge is 0.264 e. The summed E-state index contributed by atoms with van der Waals surface area (Å²) in [6.45, 7) is 6.77. The highest BCUT2D eigenvalue weighted by atomic mass is 79.9. The summed E-state index contributed by atoms with van der Waals surface area (Å²) in [6, 6.07) is 3.16. The van der Waals surface area contributed by atoms with Crippen molar-refractivity contribution in [2.75, 3.05) is 0 Å². The molecule has 0 spiro atoms. The summed E-state index contributed by atoms with van der Waals surface area (Å²) in [5.41, 5.74) is 0.576. The fourth-order valence-corrected chi connectivity index (χ4v) is 1.44. The molecular formula is C9H6BrClFN. The third-order valence-electron chi connectivity index (χ3n) is 1.51. The number of aliphatic imine (C=N–C) groups is 1. The first kappa shape index (κ1) is 10.4. The summed E-state index contributed by atoms with van der Waals surface area (Å²) < 4.78 is 13.8. The topological polar surface area (TPSA) is 12.4 Å². The van der Waals surface area contributed by atoms with E-state index in [1.807, 2.05) is 0 Å². The zero-order chi connectivity index (χ0) is 10.0. The van der Waals surface area contributed by atoms with E-state index in [2.05, 4.69) is 34.2 Å². The molecule has 0 saturated heterocycles. The molecule has 0 aromatic heterocycles. The Morgan fingerprint density at radius 2 is 2.15 bits per heavy atom. The van der Waals surface area contributed by atoms with Gasteiger partial charge in [-0.05, 0) is 34.8 Å². The standard InChI is InChI=1S/C9H6BrClFN/c1-5(11)8-7(13-2)4-3-6(10)9(8)12/h3-4H,1-2H2. The minimum absolute atomic E-state index is 0.112. The molecule has 0 saturated carbocycles. The quantitative estimate of drug-likeness (QED) is 0.711. The highest BCUT2D eigenvalue weighted by molar-refractivity contribution is 9.10. The minimum atomic E-state index is -0.468. The molecule has 0 atom stereocenters. The zero-order valence-corrected chi connectivity index (χ0v) is 8.99. The fourth-order valence-electron chi connectivity index (χ4n) is 0.930. The van der Waals surface area contributed by atoms with Crippen LogP contribution in [0.2, 0.25) is 0 Å². The Morgan fingerprint density at radius 1 is 1.54 bits per heavy atom. The van der Waals surface area contributed by atoms with Crippen molar-refractivity contribution in [1.29, 1.82) is 0 Å². The van der Waals surface area contributed by atoms with Gasteiger partial charge in [0.1, 0.15) is 5.82 Å². The molecule has 13 heavy (non-hydrogen) atoms. The van der Waals surface area contributed by atoms with Crippen LogP contribution in [0.1, 0.15) is 5.56 Å². The summed E-state index contributed by atoms with van der Waals surface area (Å²) >= 11 is 8.66. The Kier molecular flexibility index (Phi) is 3.22. The lowest BCUT2D eigenvalue weighted by Gasteiger charge is -2.05. The van der Waals surface area contributed by atoms with E-state index in [1.165, 1.54) is 0 Å². The summed E-state index contributed by atoms with van der Waals surface area (Å²) in [6.07, 6.45) is 0. The smallest absolute Gasteiger partial charge is 0.148 e. The molecule has 0 bridgehead atoms. The van der Waals surface area contributed by atoms with E-state index >= 15 is 0 Å². The lowest BCUT2D eigenvalue weighted by Crippen LogP contribution is -1.87. The molecule has 0 amide bonds. The van der Waals surface area contributed by atoms with Crippen molar-refractivity contribution in [2.24, 2.45) is 4.99 Å². The Morgan fingerprint density at radius 3 is 2.62 bits per heavy atom. The maximum Gasteiger partial charge on any atom is 0.148 e. The predicted octanol–water partition coefficient (Wildman–Crippen LogP) is 4.13. The third-order valence-corrected chi connectivity index (χ3v) is 2.32. The van der Waals surface area contributed by atoms with E-state index < -0.39 is 5.82 Å². The molecule has 1 aromatic carbocycles. The van der Waals surface area contributed by atoms with Crippen LogP contribution >= 0.6 is 27.5 Å². The van der Waals surface area contributed by atoms with Gasteiger partial charge in [0.15, 0.2) is 0 Å². The Bertz CT molecular complexity index is 376. The van der Waals surface area contributed by atoms with Crippen LogP contribution in [0.25, 0.3) is 5.03 Å². The molecule has 0 aliphatic heterocycles. The van der Waals surface area contributed by atoms with Crippen molar-refractivity contribution >= 4 is 45.0 Å². The van der Waals surface area contributed by atoms with E-state index in [4.69, 9.17) is 11.6 Å². The van der Waals surface area contributed by atoms with Crippen molar-refractivity contribution in [3.63, 3.8) is 0 Å². The average molecular weight is 263 g/mol. The van der Waals surface area contributed by atoms with Gasteiger partial charge in [-0.2, -0.15) is 0 Å². The molecule has 68 valence electrons. The number of benzene rings is 1. The average Bonchev–Trinajstić information content (AvgIpc) is 2.08. The van der Waals surface area contributed by atoms with Crippen LogP contribution in [-0.2, 0) is 0 Å². The van der Waals surface area contributed by atoms with Crippen molar-refractivity contribution < 1.29 is 4.39 Å². The van der Waals surface area contributed by atoms with Crippen molar-refractivity contribution in [3.05, 3.63) is 34.6 Å². The Hall–Kier alpha value is -0.670. The van der Waals surface area contributed by atoms with Gasteiger partial charge in [0.05, 0.1) is 15.7 Å². The summed E-state index contributed by atoms with van der Waals surface area (Å²) in [5.74, 6) is -0.468. The Balaban J connectivity index is 3.50. The number of halogens is 3. The first-order chi connectivity index (χ1) is 6.07. The Labute approximate surface area is 89.1 Å². The van der Waals surface area contributed by atoms with Crippen molar-refractivity contribution in [2.45, 2.75) is 0 Å². The van der Waals surface area contributed by atoms with Crippen LogP contribution in [0.4, 0.5) is 10.1 Å². The van der Waals surface area contributed by atoms with E-state index in [0.29, 0.717) is 10.2 Å². The normalized spacial score (nSPS) is 9.77. The van der Waals surface area contributed by atoms with Crippen molar-refractivity contribution in [1.82, 2.24) is 0 Å². The molecule has 1 nitrogen and oxygen atoms in total. The van der Waals surface area contributed by atoms with Gasteiger partial charge in [-0.15, -0.1) is 0 Å². The predicted molar refractivity (Wildman–Crippen MR) is 58.2 cm³/mol. The van der Waals surface area contributed by atoms with Crippen LogP contribution in [-0.4, -0.2) is 6.72 Å². The van der Waals surface area contributed by atoms with Gasteiger partial charge >= 0.3 is 0 Å². The second-order valence-electron chi connectivity index (χ2n) is 2.32. The van der Waals surface area contributed by atoms with Gasteiger partial charge in [0.25, 0.3) is 0 Å². The number of rotatable bonds is 2. The summed E-state index contributed by atoms with van der Waals surface area (Å²) in [7, 11) is 0. The minimum Gasteiger partial charge on any atom is -0.264 e. The number of hydrogen-bond donors (Lipinski definition) is 0. The molecule has 0 aliphatic carbocycles. The molecule has 0 N–H and O–H groups in total. The highest BCUT2D eigenvalue weighted by Crippen LogP contribution is 2.33. The first-order valence-corrected chi connectivity index (χ1v) is 4.54. The first-order valence-electron chi connectivity index (χ1n) is 3.37. The fraction of sp³-hybridized carbons (Fsp3) is 0. The van der Waals surface area contributed by atoms with Gasteiger partial charge in [0, 0.05) is 5.03 Å². The molecule has 4 heteroatoms. The molecule has 0 unspecified atom stereocenters. The molecule has 0 aliphatic rings. The lowest BCUT2D eigenvalue weighted by atomic mass is 10.1. The maximum absolute atomic E-state index is 13.4. The van der Waals surface area contributed by atoms with Crippen molar-refractivity contribution in [3.8, 4) is 0 Å². The van der Waals surface area contributed by atoms with E-state index in [0.717, 1.165) is 0 Å². The second kappa shape index (κ2) is 4.03. The number of nitrogens with zero attached hydrogens (tertiary/aromatic N) is 1. The van der Waals surface area contributed by atoms with Crippen LogP contribution in [0.5, 0.6) is 0 Å². The lowest BCUT2D eigenvalue weighted by molar-refractivity contribution is 0.618. The van der Waals surface area contributed by atoms with Gasteiger partial charge in [-0.25, -0.2) is 4.39 Å². The molecule has 1 aromatic rings. The summed E-state index contributed by atoms with van der Waals surface area (Å²) in [4.78, 5) is 3.64. The van der Waals surface area contributed by atoms with Crippen LogP contribution in [0.3, 0.4) is 0 Å². The van der Waals surface area contributed by atoms with Gasteiger partial charge in [-0.1, -0.05) is 18.2 Å². The maximum atomic E-state index is 13.4. The summed E-state index contributed by atoms with van der Waals surface area (Å²) in [5, 5.41) is 0.112. The molecule has 1 rings (SSSR count). The van der Waals surface area contributed by atoms with Crippen LogP contribution in [0.15, 0.2) is 28.2 Å². The SMILES string of the molecule is C=Nc1ccc(Br)c(F)c1C(=C)Cl. The van der Waals surface area contributed by atoms with Gasteiger partial charge in [-0.3, -0.25) is 4.99 Å². The highest BCUT2D eigenvalue weighted by Gasteiger charge is 2.12. The monoisotopic (exact) mass is 261 g/mol.